The van der Waals surface area contributed by atoms with E-state index in [0.717, 1.165) is 26.7 Å². The van der Waals surface area contributed by atoms with Crippen LogP contribution >= 0.6 is 0 Å². The van der Waals surface area contributed by atoms with Gasteiger partial charge in [0.05, 0.1) is 0 Å². The predicted molar refractivity (Wildman–Crippen MR) is 90.6 cm³/mol. The largest absolute Gasteiger partial charge is 0.351 e. The Morgan fingerprint density at radius 3 is 2.76 bits per heavy atom. The molecule has 1 amide bonds. The summed E-state index contributed by atoms with van der Waals surface area (Å²) < 4.78 is 4.00. The third-order valence-electron chi connectivity index (χ3n) is 4.01. The minimum absolute atomic E-state index is 0.0426. The van der Waals surface area contributed by atoms with E-state index in [1.165, 1.54) is 14.1 Å². The molecule has 3 aromatic rings. The molecule has 0 atom stereocenters. The summed E-state index contributed by atoms with van der Waals surface area (Å²) in [7, 11) is 2.83. The summed E-state index contributed by atoms with van der Waals surface area (Å²) in [4.78, 5) is 35.7. The van der Waals surface area contributed by atoms with Crippen molar-refractivity contribution in [2.75, 3.05) is 6.54 Å². The van der Waals surface area contributed by atoms with Crippen LogP contribution in [0.4, 0.5) is 0 Å². The summed E-state index contributed by atoms with van der Waals surface area (Å²) >= 11 is 0. The summed E-state index contributed by atoms with van der Waals surface area (Å²) in [5.41, 5.74) is -0.228. The lowest BCUT2D eigenvalue weighted by atomic mass is 10.3. The van der Waals surface area contributed by atoms with Crippen LogP contribution < -0.4 is 16.6 Å². The summed E-state index contributed by atoms with van der Waals surface area (Å²) in [6.07, 6.45) is 3.18. The highest BCUT2D eigenvalue weighted by Gasteiger charge is 2.13. The zero-order chi connectivity index (χ0) is 18.0. The average Bonchev–Trinajstić information content (AvgIpc) is 3.03. The summed E-state index contributed by atoms with van der Waals surface area (Å²) in [6.45, 7) is 0.393. The third-order valence-corrected chi connectivity index (χ3v) is 4.01. The van der Waals surface area contributed by atoms with Gasteiger partial charge in [-0.2, -0.15) is 0 Å². The predicted octanol–water partition coefficient (Wildman–Crippen LogP) is -0.511. The molecule has 0 aliphatic heterocycles. The first kappa shape index (κ1) is 16.6. The van der Waals surface area contributed by atoms with Gasteiger partial charge in [0.15, 0.2) is 5.65 Å². The number of aromatic nitrogens is 5. The van der Waals surface area contributed by atoms with E-state index in [1.54, 1.807) is 0 Å². The van der Waals surface area contributed by atoms with Crippen molar-refractivity contribution in [1.82, 2.24) is 29.0 Å². The maximum Gasteiger partial charge on any atom is 0.331 e. The van der Waals surface area contributed by atoms with Crippen molar-refractivity contribution < 1.29 is 4.79 Å². The molecular weight excluding hydrogens is 324 g/mol. The highest BCUT2D eigenvalue weighted by molar-refractivity contribution is 5.92. The molecule has 0 radical (unpaired) electrons. The Hall–Kier alpha value is -3.23. The number of carbonyl (C=O) groups is 1. The molecule has 25 heavy (non-hydrogen) atoms. The van der Waals surface area contributed by atoms with Gasteiger partial charge in [-0.05, 0) is 18.6 Å². The van der Waals surface area contributed by atoms with Crippen LogP contribution in [0.2, 0.25) is 0 Å². The number of aryl methyl sites for hydroxylation is 1. The molecule has 0 unspecified atom stereocenters. The van der Waals surface area contributed by atoms with Gasteiger partial charge in [-0.1, -0.05) is 6.07 Å². The van der Waals surface area contributed by atoms with Crippen LogP contribution in [0, 0.1) is 0 Å². The van der Waals surface area contributed by atoms with Crippen molar-refractivity contribution in [3.63, 3.8) is 0 Å². The van der Waals surface area contributed by atoms with Crippen LogP contribution in [0.15, 0.2) is 40.1 Å². The van der Waals surface area contributed by atoms with Crippen LogP contribution in [0.5, 0.6) is 0 Å². The molecule has 0 spiro atoms. The number of nitrogens with one attached hydrogen (secondary N) is 1. The third kappa shape index (κ3) is 3.21. The highest BCUT2D eigenvalue weighted by Crippen LogP contribution is 2.04. The molecule has 9 nitrogen and oxygen atoms in total. The quantitative estimate of drug-likeness (QED) is 0.629. The van der Waals surface area contributed by atoms with Gasteiger partial charge >= 0.3 is 5.69 Å². The Morgan fingerprint density at radius 2 is 1.96 bits per heavy atom. The van der Waals surface area contributed by atoms with Gasteiger partial charge in [0, 0.05) is 39.3 Å². The Labute approximate surface area is 142 Å². The van der Waals surface area contributed by atoms with Crippen molar-refractivity contribution >= 4 is 11.6 Å². The van der Waals surface area contributed by atoms with Gasteiger partial charge < -0.3 is 5.32 Å². The van der Waals surface area contributed by atoms with E-state index in [2.05, 4.69) is 15.5 Å². The van der Waals surface area contributed by atoms with E-state index in [0.29, 0.717) is 19.4 Å². The molecule has 0 bridgehead atoms. The number of hydrogen-bond donors (Lipinski definition) is 1. The molecule has 0 saturated heterocycles. The molecule has 3 aromatic heterocycles. The normalized spacial score (nSPS) is 11.0. The van der Waals surface area contributed by atoms with Crippen molar-refractivity contribution in [1.29, 1.82) is 0 Å². The fourth-order valence-electron chi connectivity index (χ4n) is 2.55. The van der Waals surface area contributed by atoms with Gasteiger partial charge in [-0.25, -0.2) is 4.79 Å². The first-order chi connectivity index (χ1) is 12.0. The number of amides is 1. The molecule has 0 fully saturated rings. The lowest BCUT2D eigenvalue weighted by molar-refractivity contribution is 0.0943. The van der Waals surface area contributed by atoms with Crippen LogP contribution in [0.1, 0.15) is 22.7 Å². The molecule has 1 N–H and O–H groups in total. The summed E-state index contributed by atoms with van der Waals surface area (Å²) in [5.74, 6) is 0.356. The molecule has 0 saturated carbocycles. The minimum atomic E-state index is -0.535. The van der Waals surface area contributed by atoms with E-state index >= 15 is 0 Å². The van der Waals surface area contributed by atoms with Crippen molar-refractivity contribution in [2.24, 2.45) is 14.1 Å². The zero-order valence-electron chi connectivity index (χ0n) is 14.0. The Morgan fingerprint density at radius 1 is 1.16 bits per heavy atom. The fourth-order valence-corrected chi connectivity index (χ4v) is 2.55. The number of nitrogens with zero attached hydrogens (tertiary/aromatic N) is 5. The van der Waals surface area contributed by atoms with Gasteiger partial charge in [0.2, 0.25) is 0 Å². The molecule has 9 heteroatoms. The monoisotopic (exact) mass is 342 g/mol. The SMILES string of the molecule is Cn1c(C(=O)NCCCc2nnc3ccccn23)cc(=O)n(C)c1=O. The standard InChI is InChI=1S/C16H18N6O3/c1-20-11(10-14(23)21(2)16(20)25)15(24)17-8-5-7-13-19-18-12-6-3-4-9-22(12)13/h3-4,6,9-10H,5,7-8H2,1-2H3,(H,17,24). The van der Waals surface area contributed by atoms with E-state index in [4.69, 9.17) is 0 Å². The van der Waals surface area contributed by atoms with Crippen LogP contribution in [-0.2, 0) is 20.5 Å². The van der Waals surface area contributed by atoms with E-state index in [1.807, 2.05) is 28.8 Å². The zero-order valence-corrected chi connectivity index (χ0v) is 14.0. The van der Waals surface area contributed by atoms with E-state index in [-0.39, 0.29) is 5.69 Å². The lowest BCUT2D eigenvalue weighted by Gasteiger charge is -2.09. The molecule has 0 aliphatic rings. The first-order valence-electron chi connectivity index (χ1n) is 7.83. The topological polar surface area (TPSA) is 103 Å². The molecule has 130 valence electrons. The molecule has 3 rings (SSSR count). The number of rotatable bonds is 5. The van der Waals surface area contributed by atoms with Crippen molar-refractivity contribution in [2.45, 2.75) is 12.8 Å². The molecule has 3 heterocycles. The van der Waals surface area contributed by atoms with Gasteiger partial charge in [-0.15, -0.1) is 10.2 Å². The second kappa shape index (κ2) is 6.71. The number of carbonyl (C=O) groups excluding carboxylic acids is 1. The van der Waals surface area contributed by atoms with E-state index < -0.39 is 17.2 Å². The lowest BCUT2D eigenvalue weighted by Crippen LogP contribution is -2.41. The van der Waals surface area contributed by atoms with Gasteiger partial charge in [-0.3, -0.25) is 23.1 Å². The second-order valence-electron chi connectivity index (χ2n) is 5.67. The number of pyridine rings is 1. The first-order valence-corrected chi connectivity index (χ1v) is 7.83. The van der Waals surface area contributed by atoms with Gasteiger partial charge in [0.25, 0.3) is 11.5 Å². The maximum atomic E-state index is 12.2. The van der Waals surface area contributed by atoms with Crippen LogP contribution in [-0.4, -0.2) is 36.2 Å². The Kier molecular flexibility index (Phi) is 4.46. The number of fused-ring (bicyclic) bond motifs is 1. The Balaban J connectivity index is 1.62. The summed E-state index contributed by atoms with van der Waals surface area (Å²) in [5, 5.41) is 10.9. The van der Waals surface area contributed by atoms with Crippen molar-refractivity contribution in [3.8, 4) is 0 Å². The number of hydrogen-bond acceptors (Lipinski definition) is 5. The maximum absolute atomic E-state index is 12.2. The second-order valence-corrected chi connectivity index (χ2v) is 5.67. The van der Waals surface area contributed by atoms with Gasteiger partial charge in [0.1, 0.15) is 11.5 Å². The smallest absolute Gasteiger partial charge is 0.331 e. The van der Waals surface area contributed by atoms with Crippen LogP contribution in [0.3, 0.4) is 0 Å². The summed E-state index contributed by atoms with van der Waals surface area (Å²) in [6, 6.07) is 6.82. The van der Waals surface area contributed by atoms with E-state index in [9.17, 15) is 14.4 Å². The highest BCUT2D eigenvalue weighted by atomic mass is 16.2. The van der Waals surface area contributed by atoms with Crippen LogP contribution in [0.25, 0.3) is 5.65 Å². The minimum Gasteiger partial charge on any atom is -0.351 e. The average molecular weight is 342 g/mol. The molecular formula is C16H18N6O3. The molecule has 0 aliphatic carbocycles. The molecule has 0 aromatic carbocycles. The van der Waals surface area contributed by atoms with Crippen molar-refractivity contribution in [3.05, 3.63) is 62.8 Å². The fraction of sp³-hybridized carbons (Fsp3) is 0.312. The Bertz CT molecular complexity index is 1050.